The fourth-order valence-corrected chi connectivity index (χ4v) is 2.47. The Labute approximate surface area is 131 Å². The molecule has 1 aromatic carbocycles. The molecule has 0 saturated carbocycles. The lowest BCUT2D eigenvalue weighted by Gasteiger charge is -2.26. The molecule has 1 N–H and O–H groups in total. The molecule has 0 aromatic heterocycles. The summed E-state index contributed by atoms with van der Waals surface area (Å²) in [6.45, 7) is 14.5. The first-order chi connectivity index (χ1) is 9.93. The van der Waals surface area contributed by atoms with Crippen LogP contribution in [0.1, 0.15) is 56.3 Å². The van der Waals surface area contributed by atoms with E-state index in [0.29, 0.717) is 6.04 Å². The van der Waals surface area contributed by atoms with E-state index in [-0.39, 0.29) is 0 Å². The van der Waals surface area contributed by atoms with Crippen LogP contribution in [-0.2, 0) is 0 Å². The summed E-state index contributed by atoms with van der Waals surface area (Å²) in [5.74, 6) is 0.774. The maximum absolute atomic E-state index is 3.71. The molecule has 0 aliphatic carbocycles. The van der Waals surface area contributed by atoms with Crippen molar-refractivity contribution in [1.29, 1.82) is 0 Å². The van der Waals surface area contributed by atoms with Gasteiger partial charge in [-0.1, -0.05) is 39.0 Å². The molecule has 1 atom stereocenters. The highest BCUT2D eigenvalue weighted by Gasteiger charge is 2.14. The highest BCUT2D eigenvalue weighted by atomic mass is 15.1. The Hall–Kier alpha value is -0.860. The standard InChI is InChI=1S/C19H34N2/c1-7-11-20-19(14-21(6)12-10-15(2)3)18-9-8-16(4)17(5)13-18/h8-9,13,15,19-20H,7,10-12,14H2,1-6H3. The molecule has 0 spiro atoms. The summed E-state index contributed by atoms with van der Waals surface area (Å²) in [7, 11) is 2.24. The van der Waals surface area contributed by atoms with Crippen LogP contribution in [0.25, 0.3) is 0 Å². The van der Waals surface area contributed by atoms with E-state index in [0.717, 1.165) is 19.0 Å². The van der Waals surface area contributed by atoms with Gasteiger partial charge in [-0.05, 0) is 69.4 Å². The molecule has 0 saturated heterocycles. The van der Waals surface area contributed by atoms with Crippen LogP contribution in [0.4, 0.5) is 0 Å². The lowest BCUT2D eigenvalue weighted by Crippen LogP contribution is -2.34. The molecule has 120 valence electrons. The van der Waals surface area contributed by atoms with Gasteiger partial charge in [-0.15, -0.1) is 0 Å². The van der Waals surface area contributed by atoms with E-state index < -0.39 is 0 Å². The monoisotopic (exact) mass is 290 g/mol. The molecule has 2 nitrogen and oxygen atoms in total. The van der Waals surface area contributed by atoms with E-state index in [9.17, 15) is 0 Å². The van der Waals surface area contributed by atoms with E-state index in [1.54, 1.807) is 0 Å². The van der Waals surface area contributed by atoms with Crippen molar-refractivity contribution < 1.29 is 0 Å². The Balaban J connectivity index is 2.72. The summed E-state index contributed by atoms with van der Waals surface area (Å²) in [4.78, 5) is 2.46. The molecule has 1 unspecified atom stereocenters. The van der Waals surface area contributed by atoms with Gasteiger partial charge in [-0.2, -0.15) is 0 Å². The highest BCUT2D eigenvalue weighted by Crippen LogP contribution is 2.18. The number of hydrogen-bond donors (Lipinski definition) is 1. The Morgan fingerprint density at radius 1 is 1.14 bits per heavy atom. The fourth-order valence-electron chi connectivity index (χ4n) is 2.47. The number of aryl methyl sites for hydroxylation is 2. The summed E-state index contributed by atoms with van der Waals surface area (Å²) >= 11 is 0. The van der Waals surface area contributed by atoms with Crippen LogP contribution in [-0.4, -0.2) is 31.6 Å². The minimum absolute atomic E-state index is 0.432. The van der Waals surface area contributed by atoms with Gasteiger partial charge in [0.1, 0.15) is 0 Å². The van der Waals surface area contributed by atoms with Gasteiger partial charge in [0.2, 0.25) is 0 Å². The van der Waals surface area contributed by atoms with Crippen molar-refractivity contribution in [1.82, 2.24) is 10.2 Å². The average molecular weight is 290 g/mol. The van der Waals surface area contributed by atoms with Gasteiger partial charge < -0.3 is 10.2 Å². The van der Waals surface area contributed by atoms with Gasteiger partial charge in [0, 0.05) is 12.6 Å². The van der Waals surface area contributed by atoms with Crippen LogP contribution in [0.15, 0.2) is 18.2 Å². The lowest BCUT2D eigenvalue weighted by molar-refractivity contribution is 0.274. The van der Waals surface area contributed by atoms with Gasteiger partial charge in [0.05, 0.1) is 0 Å². The molecule has 0 bridgehead atoms. The summed E-state index contributed by atoms with van der Waals surface area (Å²) < 4.78 is 0. The molecule has 0 radical (unpaired) electrons. The lowest BCUT2D eigenvalue weighted by atomic mass is 10.0. The van der Waals surface area contributed by atoms with E-state index in [4.69, 9.17) is 0 Å². The molecule has 21 heavy (non-hydrogen) atoms. The number of benzene rings is 1. The normalized spacial score (nSPS) is 13.1. The van der Waals surface area contributed by atoms with Crippen molar-refractivity contribution in [2.45, 2.75) is 53.5 Å². The average Bonchev–Trinajstić information content (AvgIpc) is 2.44. The van der Waals surface area contributed by atoms with Crippen molar-refractivity contribution in [3.8, 4) is 0 Å². The van der Waals surface area contributed by atoms with Gasteiger partial charge >= 0.3 is 0 Å². The molecular formula is C19H34N2. The number of rotatable bonds is 9. The quantitative estimate of drug-likeness (QED) is 0.728. The minimum atomic E-state index is 0.432. The third kappa shape index (κ3) is 6.62. The van der Waals surface area contributed by atoms with Crippen LogP contribution < -0.4 is 5.32 Å². The Kier molecular flexibility index (Phi) is 7.98. The minimum Gasteiger partial charge on any atom is -0.309 e. The Morgan fingerprint density at radius 2 is 1.86 bits per heavy atom. The SMILES string of the molecule is CCCNC(CN(C)CCC(C)C)c1ccc(C)c(C)c1. The first kappa shape index (κ1) is 18.2. The third-order valence-electron chi connectivity index (χ3n) is 4.16. The predicted molar refractivity (Wildman–Crippen MR) is 93.9 cm³/mol. The zero-order valence-corrected chi connectivity index (χ0v) is 14.9. The number of nitrogens with zero attached hydrogens (tertiary/aromatic N) is 1. The van der Waals surface area contributed by atoms with Crippen molar-refractivity contribution in [2.24, 2.45) is 5.92 Å². The zero-order chi connectivity index (χ0) is 15.8. The Morgan fingerprint density at radius 3 is 2.43 bits per heavy atom. The van der Waals surface area contributed by atoms with Gasteiger partial charge in [0.25, 0.3) is 0 Å². The number of nitrogens with one attached hydrogen (secondary N) is 1. The second kappa shape index (κ2) is 9.22. The van der Waals surface area contributed by atoms with Crippen LogP contribution >= 0.6 is 0 Å². The second-order valence-electron chi connectivity index (χ2n) is 6.80. The van der Waals surface area contributed by atoms with Gasteiger partial charge in [-0.25, -0.2) is 0 Å². The summed E-state index contributed by atoms with van der Waals surface area (Å²) in [6, 6.07) is 7.31. The van der Waals surface area contributed by atoms with Crippen LogP contribution in [0.2, 0.25) is 0 Å². The molecule has 1 rings (SSSR count). The fraction of sp³-hybridized carbons (Fsp3) is 0.684. The zero-order valence-electron chi connectivity index (χ0n) is 14.9. The van der Waals surface area contributed by atoms with E-state index >= 15 is 0 Å². The van der Waals surface area contributed by atoms with E-state index in [1.165, 1.54) is 36.1 Å². The largest absolute Gasteiger partial charge is 0.309 e. The molecule has 1 aromatic rings. The predicted octanol–water partition coefficient (Wildman–Crippen LogP) is 4.32. The third-order valence-corrected chi connectivity index (χ3v) is 4.16. The molecule has 0 aliphatic heterocycles. The molecule has 0 fully saturated rings. The van der Waals surface area contributed by atoms with E-state index in [1.807, 2.05) is 0 Å². The summed E-state index contributed by atoms with van der Waals surface area (Å²) in [6.07, 6.45) is 2.45. The first-order valence-electron chi connectivity index (χ1n) is 8.43. The summed E-state index contributed by atoms with van der Waals surface area (Å²) in [5, 5.41) is 3.71. The van der Waals surface area contributed by atoms with E-state index in [2.05, 4.69) is 70.1 Å². The maximum Gasteiger partial charge on any atom is 0.0449 e. The van der Waals surface area contributed by atoms with Gasteiger partial charge in [-0.3, -0.25) is 0 Å². The van der Waals surface area contributed by atoms with Crippen LogP contribution in [0.5, 0.6) is 0 Å². The maximum atomic E-state index is 3.71. The molecule has 0 aliphatic rings. The molecular weight excluding hydrogens is 256 g/mol. The molecule has 2 heteroatoms. The smallest absolute Gasteiger partial charge is 0.0449 e. The summed E-state index contributed by atoms with van der Waals surface area (Å²) in [5.41, 5.74) is 4.18. The van der Waals surface area contributed by atoms with Gasteiger partial charge in [0.15, 0.2) is 0 Å². The van der Waals surface area contributed by atoms with Crippen LogP contribution in [0, 0.1) is 19.8 Å². The first-order valence-corrected chi connectivity index (χ1v) is 8.43. The van der Waals surface area contributed by atoms with Crippen LogP contribution in [0.3, 0.4) is 0 Å². The highest BCUT2D eigenvalue weighted by molar-refractivity contribution is 5.31. The number of hydrogen-bond acceptors (Lipinski definition) is 2. The Bertz CT molecular complexity index is 412. The topological polar surface area (TPSA) is 15.3 Å². The molecule has 0 heterocycles. The van der Waals surface area contributed by atoms with Crippen molar-refractivity contribution >= 4 is 0 Å². The van der Waals surface area contributed by atoms with Crippen molar-refractivity contribution in [3.05, 3.63) is 34.9 Å². The molecule has 0 amide bonds. The van der Waals surface area contributed by atoms with Crippen molar-refractivity contribution in [3.63, 3.8) is 0 Å². The number of likely N-dealkylation sites (N-methyl/N-ethyl adjacent to an activating group) is 1. The second-order valence-corrected chi connectivity index (χ2v) is 6.80. The van der Waals surface area contributed by atoms with Crippen molar-refractivity contribution in [2.75, 3.05) is 26.7 Å².